The molecule has 1 aliphatic rings. The van der Waals surface area contributed by atoms with E-state index in [0.29, 0.717) is 5.92 Å². The minimum Gasteiger partial charge on any atom is -0.496 e. The van der Waals surface area contributed by atoms with Crippen molar-refractivity contribution < 1.29 is 9.84 Å². The molecule has 1 fully saturated rings. The van der Waals surface area contributed by atoms with Crippen LogP contribution in [0.25, 0.3) is 0 Å². The van der Waals surface area contributed by atoms with Gasteiger partial charge < -0.3 is 9.84 Å². The number of aromatic nitrogens is 1. The Morgan fingerprint density at radius 1 is 1.18 bits per heavy atom. The topological polar surface area (TPSA) is 45.6 Å². The maximum Gasteiger partial charge on any atom is 0.123 e. The van der Waals surface area contributed by atoms with Crippen LogP contribution in [0.15, 0.2) is 48.8 Å². The number of aliphatic hydroxyl groups excluding tert-OH is 1. The average molecular weight is 298 g/mol. The van der Waals surface area contributed by atoms with Gasteiger partial charge in [0, 0.05) is 56.0 Å². The van der Waals surface area contributed by atoms with E-state index in [4.69, 9.17) is 4.74 Å². The van der Waals surface area contributed by atoms with Gasteiger partial charge in [-0.1, -0.05) is 18.2 Å². The van der Waals surface area contributed by atoms with E-state index in [1.165, 1.54) is 11.1 Å². The Morgan fingerprint density at radius 3 is 2.68 bits per heavy atom. The van der Waals surface area contributed by atoms with Crippen LogP contribution in [-0.2, 0) is 6.54 Å². The van der Waals surface area contributed by atoms with Crippen molar-refractivity contribution >= 4 is 0 Å². The second kappa shape index (κ2) is 6.90. The van der Waals surface area contributed by atoms with Gasteiger partial charge in [0.05, 0.1) is 7.11 Å². The molecule has 4 nitrogen and oxygen atoms in total. The van der Waals surface area contributed by atoms with E-state index >= 15 is 0 Å². The minimum atomic E-state index is 0.218. The van der Waals surface area contributed by atoms with Gasteiger partial charge >= 0.3 is 0 Å². The van der Waals surface area contributed by atoms with E-state index in [2.05, 4.69) is 28.1 Å². The first-order valence-electron chi connectivity index (χ1n) is 7.67. The van der Waals surface area contributed by atoms with E-state index in [9.17, 15) is 5.11 Å². The van der Waals surface area contributed by atoms with Crippen LogP contribution in [-0.4, -0.2) is 41.8 Å². The maximum atomic E-state index is 9.72. The molecule has 116 valence electrons. The molecule has 0 unspecified atom stereocenters. The molecule has 2 aromatic rings. The van der Waals surface area contributed by atoms with Gasteiger partial charge in [-0.25, -0.2) is 0 Å². The van der Waals surface area contributed by atoms with Crippen LogP contribution >= 0.6 is 0 Å². The fourth-order valence-electron chi connectivity index (χ4n) is 3.34. The number of nitrogens with zero attached hydrogens (tertiary/aromatic N) is 2. The zero-order chi connectivity index (χ0) is 15.4. The lowest BCUT2D eigenvalue weighted by molar-refractivity contribution is 0.213. The standard InChI is InChI=1S/C18H22N2O2/c1-22-18-5-3-2-4-15(18)10-20-11-16(13-21)17(12-20)14-6-8-19-9-7-14/h2-9,16-17,21H,10-13H2,1H3/t16-,17-/m0/s1. The van der Waals surface area contributed by atoms with Crippen LogP contribution < -0.4 is 4.74 Å². The van der Waals surface area contributed by atoms with Crippen molar-refractivity contribution in [2.45, 2.75) is 12.5 Å². The zero-order valence-corrected chi connectivity index (χ0v) is 12.9. The number of rotatable bonds is 5. The third-order valence-corrected chi connectivity index (χ3v) is 4.47. The van der Waals surface area contributed by atoms with Gasteiger partial charge in [-0.05, 0) is 23.8 Å². The molecule has 0 radical (unpaired) electrons. The predicted octanol–water partition coefficient (Wildman–Crippen LogP) is 2.30. The van der Waals surface area contributed by atoms with Crippen LogP contribution in [0.4, 0.5) is 0 Å². The minimum absolute atomic E-state index is 0.218. The molecule has 0 bridgehead atoms. The highest BCUT2D eigenvalue weighted by molar-refractivity contribution is 5.33. The average Bonchev–Trinajstić information content (AvgIpc) is 2.99. The first kappa shape index (κ1) is 15.0. The lowest BCUT2D eigenvalue weighted by Gasteiger charge is -2.18. The molecule has 3 rings (SSSR count). The van der Waals surface area contributed by atoms with E-state index < -0.39 is 0 Å². The number of benzene rings is 1. The molecule has 0 spiro atoms. The zero-order valence-electron chi connectivity index (χ0n) is 12.9. The Morgan fingerprint density at radius 2 is 1.95 bits per heavy atom. The molecule has 2 atom stereocenters. The van der Waals surface area contributed by atoms with Gasteiger partial charge in [0.2, 0.25) is 0 Å². The summed E-state index contributed by atoms with van der Waals surface area (Å²) in [5.41, 5.74) is 2.45. The van der Waals surface area contributed by atoms with E-state index in [1.807, 2.05) is 30.6 Å². The van der Waals surface area contributed by atoms with Crippen molar-refractivity contribution in [3.05, 3.63) is 59.9 Å². The summed E-state index contributed by atoms with van der Waals surface area (Å²) in [6.07, 6.45) is 3.65. The van der Waals surface area contributed by atoms with Crippen LogP contribution in [0, 0.1) is 5.92 Å². The Labute approximate surface area is 131 Å². The summed E-state index contributed by atoms with van der Waals surface area (Å²) in [6, 6.07) is 12.2. The number of ether oxygens (including phenoxy) is 1. The van der Waals surface area contributed by atoms with E-state index in [-0.39, 0.29) is 12.5 Å². The monoisotopic (exact) mass is 298 g/mol. The third kappa shape index (κ3) is 3.13. The van der Waals surface area contributed by atoms with Crippen molar-refractivity contribution in [1.29, 1.82) is 0 Å². The summed E-state index contributed by atoms with van der Waals surface area (Å²) >= 11 is 0. The molecular weight excluding hydrogens is 276 g/mol. The molecule has 1 aromatic heterocycles. The predicted molar refractivity (Wildman–Crippen MR) is 85.8 cm³/mol. The second-order valence-electron chi connectivity index (χ2n) is 5.84. The molecule has 2 heterocycles. The Hall–Kier alpha value is -1.91. The number of hydrogen-bond acceptors (Lipinski definition) is 4. The number of para-hydroxylation sites is 1. The van der Waals surface area contributed by atoms with Crippen molar-refractivity contribution in [1.82, 2.24) is 9.88 Å². The molecule has 1 aromatic carbocycles. The maximum absolute atomic E-state index is 9.72. The summed E-state index contributed by atoms with van der Waals surface area (Å²) in [5.74, 6) is 1.57. The van der Waals surface area contributed by atoms with Crippen molar-refractivity contribution in [2.24, 2.45) is 5.92 Å². The van der Waals surface area contributed by atoms with Crippen LogP contribution in [0.2, 0.25) is 0 Å². The molecule has 0 aliphatic carbocycles. The van der Waals surface area contributed by atoms with Crippen molar-refractivity contribution in [3.63, 3.8) is 0 Å². The molecule has 0 amide bonds. The van der Waals surface area contributed by atoms with Crippen LogP contribution in [0.3, 0.4) is 0 Å². The summed E-state index contributed by atoms with van der Waals surface area (Å²) < 4.78 is 5.44. The molecule has 1 aliphatic heterocycles. The smallest absolute Gasteiger partial charge is 0.123 e. The highest BCUT2D eigenvalue weighted by Crippen LogP contribution is 2.33. The first-order valence-corrected chi connectivity index (χ1v) is 7.67. The van der Waals surface area contributed by atoms with Gasteiger partial charge in [-0.3, -0.25) is 9.88 Å². The second-order valence-corrected chi connectivity index (χ2v) is 5.84. The number of hydrogen-bond donors (Lipinski definition) is 1. The van der Waals surface area contributed by atoms with Gasteiger partial charge in [0.15, 0.2) is 0 Å². The normalized spacial score (nSPS) is 21.9. The summed E-state index contributed by atoms with van der Waals surface area (Å²) in [6.45, 7) is 2.92. The van der Waals surface area contributed by atoms with E-state index in [1.54, 1.807) is 7.11 Å². The third-order valence-electron chi connectivity index (χ3n) is 4.47. The van der Waals surface area contributed by atoms with Crippen molar-refractivity contribution in [2.75, 3.05) is 26.8 Å². The van der Waals surface area contributed by atoms with E-state index in [0.717, 1.165) is 25.4 Å². The Bertz CT molecular complexity index is 603. The summed E-state index contributed by atoms with van der Waals surface area (Å²) in [4.78, 5) is 6.48. The number of likely N-dealkylation sites (tertiary alicyclic amines) is 1. The van der Waals surface area contributed by atoms with Gasteiger partial charge in [-0.2, -0.15) is 0 Å². The lowest BCUT2D eigenvalue weighted by atomic mass is 9.90. The van der Waals surface area contributed by atoms with Gasteiger partial charge in [0.1, 0.15) is 5.75 Å². The van der Waals surface area contributed by atoms with Crippen molar-refractivity contribution in [3.8, 4) is 5.75 Å². The lowest BCUT2D eigenvalue weighted by Crippen LogP contribution is -2.21. The summed E-state index contributed by atoms with van der Waals surface area (Å²) in [7, 11) is 1.71. The molecular formula is C18H22N2O2. The Balaban J connectivity index is 1.74. The highest BCUT2D eigenvalue weighted by Gasteiger charge is 2.33. The quantitative estimate of drug-likeness (QED) is 0.920. The molecule has 1 N–H and O–H groups in total. The number of pyridine rings is 1. The molecule has 0 saturated carbocycles. The fraction of sp³-hybridized carbons (Fsp3) is 0.389. The molecule has 22 heavy (non-hydrogen) atoms. The van der Waals surface area contributed by atoms with Crippen LogP contribution in [0.1, 0.15) is 17.0 Å². The first-order chi connectivity index (χ1) is 10.8. The van der Waals surface area contributed by atoms with Crippen LogP contribution in [0.5, 0.6) is 5.75 Å². The number of aliphatic hydroxyl groups is 1. The number of methoxy groups -OCH3 is 1. The summed E-state index contributed by atoms with van der Waals surface area (Å²) in [5, 5.41) is 9.72. The van der Waals surface area contributed by atoms with Gasteiger partial charge in [-0.15, -0.1) is 0 Å². The fourth-order valence-corrected chi connectivity index (χ4v) is 3.34. The molecule has 1 saturated heterocycles. The Kier molecular flexibility index (Phi) is 4.71. The molecule has 4 heteroatoms. The van der Waals surface area contributed by atoms with Gasteiger partial charge in [0.25, 0.3) is 0 Å². The SMILES string of the molecule is COc1ccccc1CN1C[C@@H](CO)[C@H](c2ccncc2)C1. The largest absolute Gasteiger partial charge is 0.496 e. The highest BCUT2D eigenvalue weighted by atomic mass is 16.5.